The molecule has 0 aliphatic heterocycles. The van der Waals surface area contributed by atoms with Crippen molar-refractivity contribution >= 4 is 12.2 Å². The Bertz CT molecular complexity index is 1040. The summed E-state index contributed by atoms with van der Waals surface area (Å²) in [4.78, 5) is 21.8. The third-order valence-corrected chi connectivity index (χ3v) is 10.6. The topological polar surface area (TPSA) is 66.4 Å². The standard InChI is InChI=1S/C28H38O2.C3H7NO/c1-17-18-7-8-23-27(5,20(18)15-22(29)24(17)30)10-9-19-21-16-25(2,3)11-12-26(21,4)13-14-28(19,23)6;1-2-4-3-5/h7-8,15,19,21,30H,9-14,16H2,1-6H3;3H,2H2,1H3,(H,4,5). The van der Waals surface area contributed by atoms with Gasteiger partial charge in [0.25, 0.3) is 0 Å². The van der Waals surface area contributed by atoms with Crippen molar-refractivity contribution in [1.82, 2.24) is 5.32 Å². The van der Waals surface area contributed by atoms with Gasteiger partial charge in [0.15, 0.2) is 5.76 Å². The largest absolute Gasteiger partial charge is 0.504 e. The second-order valence-electron chi connectivity index (χ2n) is 13.3. The number of fused-ring (bicyclic) bond motifs is 7. The minimum absolute atomic E-state index is 0.0804. The second-order valence-corrected chi connectivity index (χ2v) is 13.3. The normalized spacial score (nSPS) is 39.3. The van der Waals surface area contributed by atoms with Crippen LogP contribution < -0.4 is 5.32 Å². The second kappa shape index (κ2) is 8.78. The van der Waals surface area contributed by atoms with E-state index in [1.54, 1.807) is 11.6 Å². The molecule has 192 valence electrons. The molecule has 4 heteroatoms. The number of nitrogens with one attached hydrogen (secondary N) is 1. The molecule has 0 aromatic heterocycles. The number of aliphatic hydroxyl groups is 1. The number of ketones is 1. The molecule has 5 atom stereocenters. The number of rotatable bonds is 2. The van der Waals surface area contributed by atoms with Crippen LogP contribution in [0.5, 0.6) is 0 Å². The van der Waals surface area contributed by atoms with Crippen LogP contribution in [0.15, 0.2) is 46.3 Å². The van der Waals surface area contributed by atoms with Crippen LogP contribution in [0.3, 0.4) is 0 Å². The molecule has 0 saturated heterocycles. The number of allylic oxidation sites excluding steroid dienone is 7. The molecule has 35 heavy (non-hydrogen) atoms. The van der Waals surface area contributed by atoms with Gasteiger partial charge in [0.05, 0.1) is 0 Å². The Morgan fingerprint density at radius 1 is 1.03 bits per heavy atom. The minimum Gasteiger partial charge on any atom is -0.504 e. The fourth-order valence-corrected chi connectivity index (χ4v) is 8.30. The van der Waals surface area contributed by atoms with E-state index in [4.69, 9.17) is 0 Å². The molecule has 4 nitrogen and oxygen atoms in total. The first-order valence-electron chi connectivity index (χ1n) is 13.6. The van der Waals surface area contributed by atoms with Crippen molar-refractivity contribution in [3.8, 4) is 0 Å². The first-order chi connectivity index (χ1) is 16.3. The van der Waals surface area contributed by atoms with E-state index >= 15 is 0 Å². The van der Waals surface area contributed by atoms with Gasteiger partial charge in [-0.15, -0.1) is 0 Å². The summed E-state index contributed by atoms with van der Waals surface area (Å²) in [5.41, 5.74) is 5.57. The third kappa shape index (κ3) is 4.05. The van der Waals surface area contributed by atoms with E-state index in [2.05, 4.69) is 52.1 Å². The lowest BCUT2D eigenvalue weighted by Crippen LogP contribution is -2.55. The molecule has 5 unspecified atom stereocenters. The molecule has 1 amide bonds. The fourth-order valence-electron chi connectivity index (χ4n) is 8.30. The van der Waals surface area contributed by atoms with Crippen LogP contribution in [-0.4, -0.2) is 23.8 Å². The Labute approximate surface area is 212 Å². The van der Waals surface area contributed by atoms with E-state index in [1.807, 2.05) is 13.8 Å². The van der Waals surface area contributed by atoms with Gasteiger partial charge in [-0.3, -0.25) is 9.59 Å². The highest BCUT2D eigenvalue weighted by atomic mass is 16.3. The molecule has 0 aromatic carbocycles. The zero-order chi connectivity index (χ0) is 25.8. The van der Waals surface area contributed by atoms with Gasteiger partial charge in [0.2, 0.25) is 12.2 Å². The summed E-state index contributed by atoms with van der Waals surface area (Å²) in [5.74, 6) is 1.22. The van der Waals surface area contributed by atoms with Gasteiger partial charge in [0, 0.05) is 17.5 Å². The van der Waals surface area contributed by atoms with E-state index in [9.17, 15) is 14.7 Å². The molecule has 2 N–H and O–H groups in total. The molecule has 0 spiro atoms. The number of carbonyl (C=O) groups is 2. The zero-order valence-corrected chi connectivity index (χ0v) is 22.9. The number of carbonyl (C=O) groups excluding carboxylic acids is 2. The molecule has 3 fully saturated rings. The first kappa shape index (κ1) is 26.0. The fraction of sp³-hybridized carbons (Fsp3) is 0.677. The van der Waals surface area contributed by atoms with E-state index in [0.29, 0.717) is 17.2 Å². The average Bonchev–Trinajstić information content (AvgIpc) is 2.80. The first-order valence-corrected chi connectivity index (χ1v) is 13.6. The molecule has 3 saturated carbocycles. The Morgan fingerprint density at radius 2 is 1.71 bits per heavy atom. The predicted molar refractivity (Wildman–Crippen MR) is 142 cm³/mol. The summed E-state index contributed by atoms with van der Waals surface area (Å²) in [6, 6.07) is 0. The van der Waals surface area contributed by atoms with Crippen LogP contribution in [0.25, 0.3) is 0 Å². The van der Waals surface area contributed by atoms with Crippen molar-refractivity contribution < 1.29 is 14.7 Å². The molecule has 0 aromatic rings. The molecular weight excluding hydrogens is 434 g/mol. The maximum atomic E-state index is 12.5. The average molecular weight is 480 g/mol. The highest BCUT2D eigenvalue weighted by molar-refractivity contribution is 6.06. The molecule has 5 aliphatic rings. The van der Waals surface area contributed by atoms with Crippen molar-refractivity contribution in [2.45, 2.75) is 93.4 Å². The number of aliphatic hydroxyl groups excluding tert-OH is 1. The van der Waals surface area contributed by atoms with E-state index in [-0.39, 0.29) is 22.4 Å². The summed E-state index contributed by atoms with van der Waals surface area (Å²) in [5, 5.41) is 12.7. The van der Waals surface area contributed by atoms with Gasteiger partial charge in [-0.2, -0.15) is 0 Å². The lowest BCUT2D eigenvalue weighted by molar-refractivity contribution is -0.114. The van der Waals surface area contributed by atoms with Crippen molar-refractivity contribution in [1.29, 1.82) is 0 Å². The highest BCUT2D eigenvalue weighted by Crippen LogP contribution is 2.70. The highest BCUT2D eigenvalue weighted by Gasteiger charge is 2.61. The molecule has 0 radical (unpaired) electrons. The van der Waals surface area contributed by atoms with Gasteiger partial charge in [-0.1, -0.05) is 52.3 Å². The summed E-state index contributed by atoms with van der Waals surface area (Å²) in [6.07, 6.45) is 16.0. The SMILES string of the molecule is CC1=C(O)C(=O)C=C2C1=CC=C1C2(C)CCC2C3CC(C)(C)CCC3(C)CCC12C.CCNC=O. The van der Waals surface area contributed by atoms with E-state index in [0.717, 1.165) is 41.5 Å². The number of hydrogen-bond donors (Lipinski definition) is 2. The molecular formula is C31H45NO3. The van der Waals surface area contributed by atoms with Gasteiger partial charge in [-0.05, 0) is 104 Å². The lowest BCUT2D eigenvalue weighted by atomic mass is 9.40. The van der Waals surface area contributed by atoms with Crippen LogP contribution in [0.4, 0.5) is 0 Å². The summed E-state index contributed by atoms with van der Waals surface area (Å²) in [7, 11) is 0. The molecule has 0 heterocycles. The summed E-state index contributed by atoms with van der Waals surface area (Å²) >= 11 is 0. The zero-order valence-electron chi connectivity index (χ0n) is 22.9. The third-order valence-electron chi connectivity index (χ3n) is 10.6. The number of hydrogen-bond acceptors (Lipinski definition) is 3. The maximum Gasteiger partial charge on any atom is 0.220 e. The minimum atomic E-state index is -0.223. The van der Waals surface area contributed by atoms with Gasteiger partial charge in [0.1, 0.15) is 0 Å². The Hall–Kier alpha value is -2.10. The van der Waals surface area contributed by atoms with Crippen LogP contribution in [0.2, 0.25) is 0 Å². The quantitative estimate of drug-likeness (QED) is 0.419. The van der Waals surface area contributed by atoms with Gasteiger partial charge >= 0.3 is 0 Å². The predicted octanol–water partition coefficient (Wildman–Crippen LogP) is 7.00. The van der Waals surface area contributed by atoms with Crippen LogP contribution in [-0.2, 0) is 9.59 Å². The van der Waals surface area contributed by atoms with Crippen molar-refractivity contribution in [2.75, 3.05) is 6.54 Å². The molecule has 5 rings (SSSR count). The van der Waals surface area contributed by atoms with Gasteiger partial charge < -0.3 is 10.4 Å². The summed E-state index contributed by atoms with van der Waals surface area (Å²) < 4.78 is 0. The van der Waals surface area contributed by atoms with Crippen LogP contribution >= 0.6 is 0 Å². The van der Waals surface area contributed by atoms with Crippen molar-refractivity contribution in [3.63, 3.8) is 0 Å². The summed E-state index contributed by atoms with van der Waals surface area (Å²) in [6.45, 7) is 16.9. The van der Waals surface area contributed by atoms with Crippen molar-refractivity contribution in [3.05, 3.63) is 46.3 Å². The van der Waals surface area contributed by atoms with Gasteiger partial charge in [-0.25, -0.2) is 0 Å². The Kier molecular flexibility index (Phi) is 6.52. The molecule has 5 aliphatic carbocycles. The Balaban J connectivity index is 0.000000527. The molecule has 0 bridgehead atoms. The monoisotopic (exact) mass is 479 g/mol. The number of amides is 1. The Morgan fingerprint density at radius 3 is 2.34 bits per heavy atom. The van der Waals surface area contributed by atoms with E-state index < -0.39 is 0 Å². The van der Waals surface area contributed by atoms with Crippen LogP contribution in [0, 0.1) is 33.5 Å². The smallest absolute Gasteiger partial charge is 0.220 e. The van der Waals surface area contributed by atoms with Crippen molar-refractivity contribution in [2.24, 2.45) is 33.5 Å². The lowest BCUT2D eigenvalue weighted by Gasteiger charge is -2.65. The van der Waals surface area contributed by atoms with Crippen LogP contribution in [0.1, 0.15) is 93.4 Å². The van der Waals surface area contributed by atoms with E-state index in [1.165, 1.54) is 38.5 Å². The maximum absolute atomic E-state index is 12.5.